The zero-order chi connectivity index (χ0) is 9.03. The Labute approximate surface area is 73.8 Å². The molecule has 1 saturated carbocycles. The summed E-state index contributed by atoms with van der Waals surface area (Å²) in [5.74, 6) is 0. The molecule has 1 unspecified atom stereocenters. The Balaban J connectivity index is 2.06. The van der Waals surface area contributed by atoms with E-state index in [1.807, 2.05) is 0 Å². The van der Waals surface area contributed by atoms with E-state index in [-0.39, 0.29) is 12.7 Å². The number of hydrogen-bond donors (Lipinski definition) is 3. The summed E-state index contributed by atoms with van der Waals surface area (Å²) in [6, 6.07) is 0. The fourth-order valence-electron chi connectivity index (χ4n) is 1.48. The van der Waals surface area contributed by atoms with Crippen molar-refractivity contribution >= 4 is 0 Å². The van der Waals surface area contributed by atoms with Crippen LogP contribution in [-0.4, -0.2) is 36.0 Å². The predicted molar refractivity (Wildman–Crippen MR) is 47.9 cm³/mol. The molecule has 12 heavy (non-hydrogen) atoms. The van der Waals surface area contributed by atoms with Gasteiger partial charge < -0.3 is 15.5 Å². The Kier molecular flexibility index (Phi) is 3.50. The summed E-state index contributed by atoms with van der Waals surface area (Å²) in [7, 11) is 0. The molecule has 0 heterocycles. The van der Waals surface area contributed by atoms with Crippen molar-refractivity contribution in [1.82, 2.24) is 5.32 Å². The SMILES string of the molecule is CC(O)CNCC1(CCO)CC1. The van der Waals surface area contributed by atoms with Crippen molar-refractivity contribution in [3.63, 3.8) is 0 Å². The number of aliphatic hydroxyl groups excluding tert-OH is 2. The molecule has 1 rings (SSSR count). The fraction of sp³-hybridized carbons (Fsp3) is 1.00. The molecule has 1 atom stereocenters. The van der Waals surface area contributed by atoms with Crippen LogP contribution in [-0.2, 0) is 0 Å². The van der Waals surface area contributed by atoms with Crippen LogP contribution in [0.3, 0.4) is 0 Å². The summed E-state index contributed by atoms with van der Waals surface area (Å²) in [6.45, 7) is 3.67. The lowest BCUT2D eigenvalue weighted by Crippen LogP contribution is -2.30. The van der Waals surface area contributed by atoms with Gasteiger partial charge in [0.25, 0.3) is 0 Å². The average Bonchev–Trinajstić information content (AvgIpc) is 2.69. The summed E-state index contributed by atoms with van der Waals surface area (Å²) in [5.41, 5.74) is 0.365. The highest BCUT2D eigenvalue weighted by molar-refractivity contribution is 4.94. The first-order valence-corrected chi connectivity index (χ1v) is 4.68. The van der Waals surface area contributed by atoms with Crippen molar-refractivity contribution in [3.8, 4) is 0 Å². The molecule has 72 valence electrons. The van der Waals surface area contributed by atoms with Gasteiger partial charge in [0.05, 0.1) is 6.10 Å². The van der Waals surface area contributed by atoms with Gasteiger partial charge in [0.2, 0.25) is 0 Å². The smallest absolute Gasteiger partial charge is 0.0636 e. The Morgan fingerprint density at radius 1 is 1.50 bits per heavy atom. The molecule has 0 spiro atoms. The monoisotopic (exact) mass is 173 g/mol. The van der Waals surface area contributed by atoms with E-state index in [9.17, 15) is 0 Å². The average molecular weight is 173 g/mol. The van der Waals surface area contributed by atoms with E-state index >= 15 is 0 Å². The third-order valence-corrected chi connectivity index (χ3v) is 2.54. The van der Waals surface area contributed by atoms with Crippen LogP contribution in [0.5, 0.6) is 0 Å². The Hall–Kier alpha value is -0.120. The van der Waals surface area contributed by atoms with Gasteiger partial charge in [0, 0.05) is 19.7 Å². The van der Waals surface area contributed by atoms with Crippen molar-refractivity contribution in [2.24, 2.45) is 5.41 Å². The topological polar surface area (TPSA) is 52.5 Å². The second-order valence-corrected chi connectivity index (χ2v) is 3.95. The number of nitrogens with one attached hydrogen (secondary N) is 1. The molecule has 0 amide bonds. The van der Waals surface area contributed by atoms with Crippen LogP contribution in [0.25, 0.3) is 0 Å². The summed E-state index contributed by atoms with van der Waals surface area (Å²) < 4.78 is 0. The zero-order valence-electron chi connectivity index (χ0n) is 7.71. The van der Waals surface area contributed by atoms with Gasteiger partial charge in [-0.2, -0.15) is 0 Å². The van der Waals surface area contributed by atoms with Gasteiger partial charge >= 0.3 is 0 Å². The normalized spacial score (nSPS) is 22.2. The molecular formula is C9H19NO2. The molecule has 1 aliphatic carbocycles. The minimum Gasteiger partial charge on any atom is -0.396 e. The number of aliphatic hydroxyl groups is 2. The highest BCUT2D eigenvalue weighted by Crippen LogP contribution is 2.47. The molecule has 0 aromatic rings. The lowest BCUT2D eigenvalue weighted by Gasteiger charge is -2.15. The second kappa shape index (κ2) is 4.21. The van der Waals surface area contributed by atoms with Gasteiger partial charge in [-0.05, 0) is 31.6 Å². The summed E-state index contributed by atoms with van der Waals surface area (Å²) in [6.07, 6.45) is 3.08. The van der Waals surface area contributed by atoms with E-state index in [2.05, 4.69) is 5.32 Å². The summed E-state index contributed by atoms with van der Waals surface area (Å²) in [5, 5.41) is 21.0. The highest BCUT2D eigenvalue weighted by Gasteiger charge is 2.41. The van der Waals surface area contributed by atoms with Crippen molar-refractivity contribution in [2.45, 2.75) is 32.3 Å². The van der Waals surface area contributed by atoms with Crippen LogP contribution in [0.4, 0.5) is 0 Å². The van der Waals surface area contributed by atoms with Gasteiger partial charge in [-0.25, -0.2) is 0 Å². The van der Waals surface area contributed by atoms with Crippen LogP contribution < -0.4 is 5.32 Å². The molecule has 3 N–H and O–H groups in total. The van der Waals surface area contributed by atoms with E-state index in [0.29, 0.717) is 12.0 Å². The van der Waals surface area contributed by atoms with Crippen molar-refractivity contribution < 1.29 is 10.2 Å². The molecule has 0 bridgehead atoms. The lowest BCUT2D eigenvalue weighted by molar-refractivity contribution is 0.184. The van der Waals surface area contributed by atoms with Gasteiger partial charge in [-0.15, -0.1) is 0 Å². The van der Waals surface area contributed by atoms with Gasteiger partial charge in [0.1, 0.15) is 0 Å². The predicted octanol–water partition coefficient (Wildman–Crippen LogP) is 0.119. The summed E-state index contributed by atoms with van der Waals surface area (Å²) in [4.78, 5) is 0. The van der Waals surface area contributed by atoms with E-state index in [4.69, 9.17) is 10.2 Å². The molecule has 0 saturated heterocycles. The van der Waals surface area contributed by atoms with E-state index in [1.165, 1.54) is 12.8 Å². The largest absolute Gasteiger partial charge is 0.396 e. The zero-order valence-corrected chi connectivity index (χ0v) is 7.71. The first kappa shape index (κ1) is 9.96. The maximum Gasteiger partial charge on any atom is 0.0636 e. The van der Waals surface area contributed by atoms with Crippen LogP contribution in [0.1, 0.15) is 26.2 Å². The fourth-order valence-corrected chi connectivity index (χ4v) is 1.48. The first-order valence-electron chi connectivity index (χ1n) is 4.68. The maximum absolute atomic E-state index is 8.99. The molecule has 1 aliphatic rings. The van der Waals surface area contributed by atoms with E-state index in [0.717, 1.165) is 13.0 Å². The molecule has 0 aliphatic heterocycles. The Morgan fingerprint density at radius 2 is 2.17 bits per heavy atom. The molecule has 0 radical (unpaired) electrons. The minimum atomic E-state index is -0.269. The quantitative estimate of drug-likeness (QED) is 0.535. The Morgan fingerprint density at radius 3 is 2.58 bits per heavy atom. The molecule has 0 aromatic carbocycles. The van der Waals surface area contributed by atoms with E-state index in [1.54, 1.807) is 6.92 Å². The third-order valence-electron chi connectivity index (χ3n) is 2.54. The Bertz CT molecular complexity index is 132. The van der Waals surface area contributed by atoms with Crippen molar-refractivity contribution in [2.75, 3.05) is 19.7 Å². The third kappa shape index (κ3) is 3.09. The highest BCUT2D eigenvalue weighted by atomic mass is 16.3. The molecule has 0 aromatic heterocycles. The summed E-state index contributed by atoms with van der Waals surface area (Å²) >= 11 is 0. The molecule has 3 heteroatoms. The van der Waals surface area contributed by atoms with E-state index < -0.39 is 0 Å². The first-order chi connectivity index (χ1) is 5.68. The number of rotatable bonds is 6. The second-order valence-electron chi connectivity index (χ2n) is 3.95. The van der Waals surface area contributed by atoms with Gasteiger partial charge in [0.15, 0.2) is 0 Å². The van der Waals surface area contributed by atoms with Crippen LogP contribution >= 0.6 is 0 Å². The van der Waals surface area contributed by atoms with Gasteiger partial charge in [-0.3, -0.25) is 0 Å². The maximum atomic E-state index is 8.99. The molecular weight excluding hydrogens is 154 g/mol. The van der Waals surface area contributed by atoms with Crippen LogP contribution in [0.15, 0.2) is 0 Å². The molecule has 3 nitrogen and oxygen atoms in total. The minimum absolute atomic E-state index is 0.269. The van der Waals surface area contributed by atoms with Crippen LogP contribution in [0.2, 0.25) is 0 Å². The van der Waals surface area contributed by atoms with Gasteiger partial charge in [-0.1, -0.05) is 0 Å². The lowest BCUT2D eigenvalue weighted by atomic mass is 10.0. The van der Waals surface area contributed by atoms with Crippen molar-refractivity contribution in [3.05, 3.63) is 0 Å². The van der Waals surface area contributed by atoms with Crippen molar-refractivity contribution in [1.29, 1.82) is 0 Å². The standard InChI is InChI=1S/C9H19NO2/c1-8(12)6-10-7-9(2-3-9)4-5-11/h8,10-12H,2-7H2,1H3. The number of hydrogen-bond acceptors (Lipinski definition) is 3. The molecule has 1 fully saturated rings. The van der Waals surface area contributed by atoms with Crippen LogP contribution in [0, 0.1) is 5.41 Å².